The summed E-state index contributed by atoms with van der Waals surface area (Å²) in [7, 11) is 10.8. The minimum Gasteiger partial charge on any atom is -0.481 e. The Labute approximate surface area is 170 Å². The summed E-state index contributed by atoms with van der Waals surface area (Å²) in [6.45, 7) is 7.97. The molecule has 0 rings (SSSR count). The molecule has 0 fully saturated rings. The van der Waals surface area contributed by atoms with E-state index in [1.54, 1.807) is 11.9 Å². The Kier molecular flexibility index (Phi) is 11.1. The molecule has 8 heteroatoms. The number of methoxy groups -OCH3 is 1. The smallest absolute Gasteiger partial charge is 0.306 e. The number of rotatable bonds is 10. The molecule has 0 aromatic carbocycles. The number of carboxylic acid groups (broad SMARTS) is 1. The first-order valence-electron chi connectivity index (χ1n) is 9.82. The van der Waals surface area contributed by atoms with Gasteiger partial charge in [-0.3, -0.25) is 9.59 Å². The lowest BCUT2D eigenvalue weighted by molar-refractivity contribution is -0.146. The lowest BCUT2D eigenvalue weighted by Gasteiger charge is -2.39. The van der Waals surface area contributed by atoms with Gasteiger partial charge in [-0.15, -0.1) is 0 Å². The highest BCUT2D eigenvalue weighted by molar-refractivity contribution is 5.87. The van der Waals surface area contributed by atoms with Crippen molar-refractivity contribution in [1.29, 1.82) is 0 Å². The molecule has 1 amide bonds. The van der Waals surface area contributed by atoms with Crippen molar-refractivity contribution >= 4 is 17.8 Å². The zero-order valence-corrected chi connectivity index (χ0v) is 19.3. The molecule has 8 nitrogen and oxygen atoms in total. The van der Waals surface area contributed by atoms with Crippen LogP contribution in [0.25, 0.3) is 0 Å². The van der Waals surface area contributed by atoms with Gasteiger partial charge in [0.1, 0.15) is 6.04 Å². The maximum Gasteiger partial charge on any atom is 0.306 e. The number of nitrogens with zero attached hydrogens (tertiary/aromatic N) is 4. The third kappa shape index (κ3) is 7.30. The number of aliphatic carboxylic acids is 1. The van der Waals surface area contributed by atoms with Gasteiger partial charge in [0.2, 0.25) is 5.91 Å². The Morgan fingerprint density at radius 2 is 1.54 bits per heavy atom. The maximum atomic E-state index is 13.4. The van der Waals surface area contributed by atoms with E-state index in [9.17, 15) is 14.7 Å². The third-order valence-corrected chi connectivity index (χ3v) is 5.02. The molecule has 0 aromatic heterocycles. The van der Waals surface area contributed by atoms with E-state index in [2.05, 4.69) is 0 Å². The molecule has 28 heavy (non-hydrogen) atoms. The predicted octanol–water partition coefficient (Wildman–Crippen LogP) is 1.85. The van der Waals surface area contributed by atoms with E-state index in [0.29, 0.717) is 5.96 Å². The molecule has 0 saturated carbocycles. The van der Waals surface area contributed by atoms with Crippen LogP contribution in [0, 0.1) is 11.8 Å². The van der Waals surface area contributed by atoms with Gasteiger partial charge in [-0.2, -0.15) is 0 Å². The number of guanidine groups is 1. The molecular formula is C20H40N4O4. The van der Waals surface area contributed by atoms with Crippen LogP contribution in [0.4, 0.5) is 0 Å². The Bertz CT molecular complexity index is 524. The number of aliphatic imine (C=N–C) groups is 1. The van der Waals surface area contributed by atoms with Crippen LogP contribution in [0.5, 0.6) is 0 Å². The highest BCUT2D eigenvalue weighted by Gasteiger charge is 2.37. The normalized spacial score (nSPS) is 15.4. The third-order valence-electron chi connectivity index (χ3n) is 5.02. The van der Waals surface area contributed by atoms with E-state index in [1.807, 2.05) is 65.7 Å². The zero-order chi connectivity index (χ0) is 22.2. The first-order chi connectivity index (χ1) is 12.9. The van der Waals surface area contributed by atoms with Gasteiger partial charge >= 0.3 is 5.97 Å². The quantitative estimate of drug-likeness (QED) is 0.445. The summed E-state index contributed by atoms with van der Waals surface area (Å²) in [4.78, 5) is 34.8. The fourth-order valence-corrected chi connectivity index (χ4v) is 3.36. The number of hydrogen-bond acceptors (Lipinski definition) is 4. The second kappa shape index (κ2) is 11.9. The molecule has 0 aliphatic carbocycles. The van der Waals surface area contributed by atoms with Crippen LogP contribution in [0.2, 0.25) is 0 Å². The topological polar surface area (TPSA) is 85.7 Å². The van der Waals surface area contributed by atoms with Crippen molar-refractivity contribution in [3.8, 4) is 0 Å². The van der Waals surface area contributed by atoms with Crippen molar-refractivity contribution in [2.75, 3.05) is 42.3 Å². The lowest BCUT2D eigenvalue weighted by Crippen LogP contribution is -2.53. The van der Waals surface area contributed by atoms with Gasteiger partial charge in [-0.05, 0) is 11.8 Å². The second-order valence-corrected chi connectivity index (χ2v) is 8.10. The van der Waals surface area contributed by atoms with Crippen LogP contribution >= 0.6 is 0 Å². The van der Waals surface area contributed by atoms with Crippen LogP contribution < -0.4 is 0 Å². The van der Waals surface area contributed by atoms with Crippen molar-refractivity contribution in [3.63, 3.8) is 0 Å². The van der Waals surface area contributed by atoms with Gasteiger partial charge in [-0.1, -0.05) is 34.1 Å². The van der Waals surface area contributed by atoms with E-state index in [-0.39, 0.29) is 30.2 Å². The standard InChI is InChI=1S/C20H40N4O4/c1-11-14(4)18(15(28-10)12-16(25)26)24(9)19(27)17(13(2)3)21-20(22(5)6)23(7)8/h13-15,17-18H,11-12H2,1-10H3,(H,25,26)/t14-,15?,17-,18-/m0/s1. The highest BCUT2D eigenvalue weighted by Crippen LogP contribution is 2.24. The second-order valence-electron chi connectivity index (χ2n) is 8.10. The van der Waals surface area contributed by atoms with Crippen LogP contribution in [0.15, 0.2) is 4.99 Å². The van der Waals surface area contributed by atoms with Crippen molar-refractivity contribution < 1.29 is 19.4 Å². The number of ether oxygens (including phenoxy) is 1. The minimum absolute atomic E-state index is 0.0112. The summed E-state index contributed by atoms with van der Waals surface area (Å²) >= 11 is 0. The average Bonchev–Trinajstić information content (AvgIpc) is 2.59. The molecule has 1 unspecified atom stereocenters. The predicted molar refractivity (Wildman–Crippen MR) is 112 cm³/mol. The van der Waals surface area contributed by atoms with E-state index < -0.39 is 18.1 Å². The maximum absolute atomic E-state index is 13.4. The van der Waals surface area contributed by atoms with E-state index in [0.717, 1.165) is 6.42 Å². The molecule has 0 aliphatic rings. The van der Waals surface area contributed by atoms with Gasteiger partial charge in [0, 0.05) is 42.3 Å². The highest BCUT2D eigenvalue weighted by atomic mass is 16.5. The van der Waals surface area contributed by atoms with E-state index in [1.165, 1.54) is 7.11 Å². The first-order valence-corrected chi connectivity index (χ1v) is 9.82. The fourth-order valence-electron chi connectivity index (χ4n) is 3.36. The van der Waals surface area contributed by atoms with Gasteiger partial charge in [-0.25, -0.2) is 4.99 Å². The van der Waals surface area contributed by atoms with Crippen LogP contribution in [-0.4, -0.2) is 98.2 Å². The van der Waals surface area contributed by atoms with E-state index in [4.69, 9.17) is 9.73 Å². The summed E-state index contributed by atoms with van der Waals surface area (Å²) in [5.74, 6) is -0.301. The van der Waals surface area contributed by atoms with Crippen molar-refractivity contribution in [3.05, 3.63) is 0 Å². The van der Waals surface area contributed by atoms with Gasteiger partial charge in [0.05, 0.1) is 18.6 Å². The van der Waals surface area contributed by atoms with E-state index >= 15 is 0 Å². The van der Waals surface area contributed by atoms with Crippen LogP contribution in [-0.2, 0) is 14.3 Å². The van der Waals surface area contributed by atoms with Gasteiger partial charge < -0.3 is 24.5 Å². The summed E-state index contributed by atoms with van der Waals surface area (Å²) < 4.78 is 5.49. The van der Waals surface area contributed by atoms with Crippen molar-refractivity contribution in [2.24, 2.45) is 16.8 Å². The summed E-state index contributed by atoms with van der Waals surface area (Å²) in [5, 5.41) is 9.26. The number of hydrogen-bond donors (Lipinski definition) is 1. The number of likely N-dealkylation sites (N-methyl/N-ethyl adjacent to an activating group) is 1. The fraction of sp³-hybridized carbons (Fsp3) is 0.850. The molecule has 0 radical (unpaired) electrons. The molecule has 0 aliphatic heterocycles. The summed E-state index contributed by atoms with van der Waals surface area (Å²) in [5.41, 5.74) is 0. The first kappa shape index (κ1) is 26.2. The largest absolute Gasteiger partial charge is 0.481 e. The van der Waals surface area contributed by atoms with Gasteiger partial charge in [0.25, 0.3) is 0 Å². The SMILES string of the molecule is CC[C@H](C)[C@@H](C(CC(=O)O)OC)N(C)C(=O)[C@@H](N=C(N(C)C)N(C)C)C(C)C. The Hall–Kier alpha value is -1.83. The van der Waals surface area contributed by atoms with Crippen molar-refractivity contribution in [2.45, 2.75) is 58.7 Å². The molecule has 0 bridgehead atoms. The number of carbonyl (C=O) groups is 2. The lowest BCUT2D eigenvalue weighted by atomic mass is 9.90. The Balaban J connectivity index is 5.98. The molecule has 0 spiro atoms. The molecular weight excluding hydrogens is 360 g/mol. The minimum atomic E-state index is -0.943. The molecule has 4 atom stereocenters. The number of carboxylic acids is 1. The monoisotopic (exact) mass is 400 g/mol. The molecule has 164 valence electrons. The Morgan fingerprint density at radius 3 is 1.86 bits per heavy atom. The molecule has 0 aromatic rings. The molecule has 1 N–H and O–H groups in total. The molecule has 0 heterocycles. The summed E-state index contributed by atoms with van der Waals surface area (Å²) in [6.07, 6.45) is 0.0672. The van der Waals surface area contributed by atoms with Crippen LogP contribution in [0.1, 0.15) is 40.5 Å². The summed E-state index contributed by atoms with van der Waals surface area (Å²) in [6, 6.07) is -0.920. The molecule has 0 saturated heterocycles. The number of carbonyl (C=O) groups excluding carboxylic acids is 1. The number of amides is 1. The average molecular weight is 401 g/mol. The van der Waals surface area contributed by atoms with Crippen molar-refractivity contribution in [1.82, 2.24) is 14.7 Å². The Morgan fingerprint density at radius 1 is 1.04 bits per heavy atom. The zero-order valence-electron chi connectivity index (χ0n) is 19.3. The van der Waals surface area contributed by atoms with Gasteiger partial charge in [0.15, 0.2) is 5.96 Å². The van der Waals surface area contributed by atoms with Crippen LogP contribution in [0.3, 0.4) is 0 Å².